The number of fused-ring (bicyclic) bond motifs is 1. The molecule has 27 heavy (non-hydrogen) atoms. The van der Waals surface area contributed by atoms with Gasteiger partial charge in [-0.25, -0.2) is 0 Å². The summed E-state index contributed by atoms with van der Waals surface area (Å²) in [6, 6.07) is 12.0. The van der Waals surface area contributed by atoms with Crippen LogP contribution in [0.3, 0.4) is 0 Å². The summed E-state index contributed by atoms with van der Waals surface area (Å²) in [6.45, 7) is 1.91. The second-order valence-corrected chi connectivity index (χ2v) is 7.19. The highest BCUT2D eigenvalue weighted by Gasteiger charge is 2.30. The smallest absolute Gasteiger partial charge is 0.240 e. The van der Waals surface area contributed by atoms with Gasteiger partial charge in [0.2, 0.25) is 5.91 Å². The molecular formula is C21H25N5O. The molecule has 3 aromatic rings. The van der Waals surface area contributed by atoms with E-state index in [1.165, 1.54) is 10.9 Å². The average Bonchev–Trinajstić information content (AvgIpc) is 3.32. The van der Waals surface area contributed by atoms with Crippen molar-refractivity contribution >= 4 is 16.8 Å². The molecule has 0 bridgehead atoms. The Hall–Kier alpha value is -2.70. The van der Waals surface area contributed by atoms with E-state index in [-0.39, 0.29) is 18.0 Å². The molecule has 140 valence electrons. The number of para-hydroxylation sites is 1. The first-order valence-electron chi connectivity index (χ1n) is 9.42. The van der Waals surface area contributed by atoms with Crippen LogP contribution < -0.4 is 11.1 Å². The predicted octanol–water partition coefficient (Wildman–Crippen LogP) is 1.82. The lowest BCUT2D eigenvalue weighted by Crippen LogP contribution is -2.44. The van der Waals surface area contributed by atoms with Gasteiger partial charge in [-0.3, -0.25) is 9.78 Å². The van der Waals surface area contributed by atoms with Crippen LogP contribution in [0.15, 0.2) is 55.0 Å². The highest BCUT2D eigenvalue weighted by molar-refractivity contribution is 5.84. The number of amides is 1. The quantitative estimate of drug-likeness (QED) is 0.623. The van der Waals surface area contributed by atoms with Crippen molar-refractivity contribution in [1.29, 1.82) is 0 Å². The van der Waals surface area contributed by atoms with Crippen molar-refractivity contribution in [2.75, 3.05) is 13.1 Å². The molecule has 0 radical (unpaired) electrons. The molecule has 1 aromatic carbocycles. The van der Waals surface area contributed by atoms with Crippen molar-refractivity contribution in [1.82, 2.24) is 20.2 Å². The van der Waals surface area contributed by atoms with Gasteiger partial charge in [-0.2, -0.15) is 0 Å². The number of hydrogen-bond acceptors (Lipinski definition) is 4. The van der Waals surface area contributed by atoms with Gasteiger partial charge in [0.05, 0.1) is 6.04 Å². The Labute approximate surface area is 158 Å². The van der Waals surface area contributed by atoms with E-state index >= 15 is 0 Å². The lowest BCUT2D eigenvalue weighted by Gasteiger charge is -2.26. The maximum absolute atomic E-state index is 13.1. The number of nitrogens with two attached hydrogens (primary N) is 1. The first-order valence-corrected chi connectivity index (χ1v) is 9.42. The number of benzene rings is 1. The summed E-state index contributed by atoms with van der Waals surface area (Å²) in [5.41, 5.74) is 9.37. The fraction of sp³-hybridized carbons (Fsp3) is 0.333. The van der Waals surface area contributed by atoms with E-state index in [4.69, 9.17) is 5.73 Å². The Morgan fingerprint density at radius 1 is 1.26 bits per heavy atom. The van der Waals surface area contributed by atoms with Gasteiger partial charge in [0, 0.05) is 55.2 Å². The summed E-state index contributed by atoms with van der Waals surface area (Å²) in [5, 5.41) is 4.47. The molecule has 4 rings (SSSR count). The van der Waals surface area contributed by atoms with Crippen molar-refractivity contribution < 1.29 is 4.79 Å². The van der Waals surface area contributed by atoms with E-state index in [1.807, 2.05) is 41.6 Å². The van der Waals surface area contributed by atoms with Crippen molar-refractivity contribution in [2.45, 2.75) is 31.5 Å². The van der Waals surface area contributed by atoms with Crippen molar-refractivity contribution in [2.24, 2.45) is 5.73 Å². The van der Waals surface area contributed by atoms with Crippen LogP contribution in [-0.4, -0.2) is 45.9 Å². The number of H-pyrrole nitrogens is 1. The molecule has 4 N–H and O–H groups in total. The molecule has 0 aliphatic carbocycles. The number of nitrogens with zero attached hydrogens (tertiary/aromatic N) is 2. The van der Waals surface area contributed by atoms with Gasteiger partial charge in [-0.05, 0) is 36.1 Å². The predicted molar refractivity (Wildman–Crippen MR) is 106 cm³/mol. The standard InChI is InChI=1S/C21H25N5O/c22-17-10-20(25-13-17)21(27)26(14-15-4-3-8-23-11-15)9-7-16-12-24-19-6-2-1-5-18(16)19/h1-6,8,11-12,17,20,24-25H,7,9-10,13-14,22H2/t17-,20+/m1/s1. The van der Waals surface area contributed by atoms with Crippen LogP contribution in [0.1, 0.15) is 17.5 Å². The number of nitrogens with one attached hydrogen (secondary N) is 2. The Morgan fingerprint density at radius 2 is 2.15 bits per heavy atom. The summed E-state index contributed by atoms with van der Waals surface area (Å²) in [5.74, 6) is 0.117. The monoisotopic (exact) mass is 363 g/mol. The maximum Gasteiger partial charge on any atom is 0.240 e. The second kappa shape index (κ2) is 7.90. The Bertz CT molecular complexity index is 907. The van der Waals surface area contributed by atoms with Crippen LogP contribution in [0.25, 0.3) is 10.9 Å². The fourth-order valence-corrected chi connectivity index (χ4v) is 3.74. The summed E-state index contributed by atoms with van der Waals surface area (Å²) < 4.78 is 0. The van der Waals surface area contributed by atoms with E-state index < -0.39 is 0 Å². The molecule has 1 fully saturated rings. The van der Waals surface area contributed by atoms with Crippen LogP contribution in [0, 0.1) is 0 Å². The van der Waals surface area contributed by atoms with Crippen LogP contribution >= 0.6 is 0 Å². The number of pyridine rings is 1. The van der Waals surface area contributed by atoms with Gasteiger partial charge in [0.1, 0.15) is 0 Å². The Kier molecular flexibility index (Phi) is 5.18. The third-order valence-corrected chi connectivity index (χ3v) is 5.20. The second-order valence-electron chi connectivity index (χ2n) is 7.19. The minimum atomic E-state index is -0.195. The summed E-state index contributed by atoms with van der Waals surface area (Å²) in [6.07, 6.45) is 7.10. The number of carbonyl (C=O) groups is 1. The molecule has 0 unspecified atom stereocenters. The normalized spacial score (nSPS) is 19.4. The third-order valence-electron chi connectivity index (χ3n) is 5.20. The molecule has 1 aliphatic rings. The van der Waals surface area contributed by atoms with Gasteiger partial charge in [-0.1, -0.05) is 24.3 Å². The van der Waals surface area contributed by atoms with Crippen molar-refractivity contribution in [3.05, 3.63) is 66.1 Å². The number of carbonyl (C=O) groups excluding carboxylic acids is 1. The lowest BCUT2D eigenvalue weighted by molar-refractivity contribution is -0.133. The molecule has 1 saturated heterocycles. The maximum atomic E-state index is 13.1. The summed E-state index contributed by atoms with van der Waals surface area (Å²) >= 11 is 0. The molecule has 1 amide bonds. The van der Waals surface area contributed by atoms with Gasteiger partial charge >= 0.3 is 0 Å². The van der Waals surface area contributed by atoms with Crippen molar-refractivity contribution in [3.8, 4) is 0 Å². The van der Waals surface area contributed by atoms with E-state index in [9.17, 15) is 4.79 Å². The Balaban J connectivity index is 1.51. The summed E-state index contributed by atoms with van der Waals surface area (Å²) in [4.78, 5) is 22.5. The molecule has 2 atom stereocenters. The largest absolute Gasteiger partial charge is 0.361 e. The number of hydrogen-bond donors (Lipinski definition) is 3. The van der Waals surface area contributed by atoms with E-state index in [2.05, 4.69) is 27.4 Å². The zero-order valence-electron chi connectivity index (χ0n) is 15.3. The van der Waals surface area contributed by atoms with Crippen LogP contribution in [0.5, 0.6) is 0 Å². The third kappa shape index (κ3) is 4.02. The number of aromatic amines is 1. The molecule has 2 aromatic heterocycles. The molecule has 6 heteroatoms. The zero-order chi connectivity index (χ0) is 18.6. The highest BCUT2D eigenvalue weighted by Crippen LogP contribution is 2.19. The van der Waals surface area contributed by atoms with Crippen LogP contribution in [-0.2, 0) is 17.8 Å². The molecular weight excluding hydrogens is 338 g/mol. The minimum absolute atomic E-state index is 0.0489. The van der Waals surface area contributed by atoms with E-state index in [0.29, 0.717) is 26.1 Å². The topological polar surface area (TPSA) is 87.0 Å². The Morgan fingerprint density at radius 3 is 2.93 bits per heavy atom. The molecule has 0 spiro atoms. The van der Waals surface area contributed by atoms with Gasteiger partial charge in [-0.15, -0.1) is 0 Å². The fourth-order valence-electron chi connectivity index (χ4n) is 3.74. The van der Waals surface area contributed by atoms with Gasteiger partial charge < -0.3 is 20.9 Å². The van der Waals surface area contributed by atoms with Crippen LogP contribution in [0.4, 0.5) is 0 Å². The highest BCUT2D eigenvalue weighted by atomic mass is 16.2. The zero-order valence-corrected chi connectivity index (χ0v) is 15.3. The van der Waals surface area contributed by atoms with Crippen LogP contribution in [0.2, 0.25) is 0 Å². The van der Waals surface area contributed by atoms with Gasteiger partial charge in [0.15, 0.2) is 0 Å². The first-order chi connectivity index (χ1) is 13.2. The number of aromatic nitrogens is 2. The molecule has 1 aliphatic heterocycles. The molecule has 3 heterocycles. The SMILES string of the molecule is N[C@H]1CN[C@H](C(=O)N(CCc2c[nH]c3ccccc23)Cc2cccnc2)C1. The summed E-state index contributed by atoms with van der Waals surface area (Å²) in [7, 11) is 0. The minimum Gasteiger partial charge on any atom is -0.361 e. The lowest BCUT2D eigenvalue weighted by atomic mass is 10.1. The molecule has 0 saturated carbocycles. The van der Waals surface area contributed by atoms with Crippen molar-refractivity contribution in [3.63, 3.8) is 0 Å². The van der Waals surface area contributed by atoms with Gasteiger partial charge in [0.25, 0.3) is 0 Å². The van der Waals surface area contributed by atoms with E-state index in [0.717, 1.165) is 17.5 Å². The number of rotatable bonds is 6. The van der Waals surface area contributed by atoms with E-state index in [1.54, 1.807) is 6.20 Å². The first kappa shape index (κ1) is 17.7. The average molecular weight is 363 g/mol. The molecule has 6 nitrogen and oxygen atoms in total.